The average Bonchev–Trinajstić information content (AvgIpc) is 2.43. The molecule has 1 amide bonds. The fraction of sp³-hybridized carbons (Fsp3) is 0.133. The maximum absolute atomic E-state index is 13.6. The molecule has 20 heavy (non-hydrogen) atoms. The molecule has 0 fully saturated rings. The predicted molar refractivity (Wildman–Crippen MR) is 84.5 cm³/mol. The second kappa shape index (κ2) is 6.90. The zero-order valence-electron chi connectivity index (χ0n) is 10.8. The molecule has 104 valence electrons. The molecule has 0 bridgehead atoms. The van der Waals surface area contributed by atoms with Gasteiger partial charge in [0.1, 0.15) is 5.82 Å². The quantitative estimate of drug-likeness (QED) is 0.806. The number of carbonyl (C=O) groups excluding carboxylic acids is 1. The van der Waals surface area contributed by atoms with Gasteiger partial charge < -0.3 is 5.32 Å². The number of amides is 1. The summed E-state index contributed by atoms with van der Waals surface area (Å²) >= 11 is 4.62. The van der Waals surface area contributed by atoms with E-state index in [4.69, 9.17) is 0 Å². The smallest absolute Gasteiger partial charge is 0.237 e. The highest BCUT2D eigenvalue weighted by molar-refractivity contribution is 9.10. The van der Waals surface area contributed by atoms with Crippen molar-refractivity contribution in [2.75, 3.05) is 5.32 Å². The number of anilines is 1. The van der Waals surface area contributed by atoms with Crippen molar-refractivity contribution in [1.29, 1.82) is 0 Å². The number of carbonyl (C=O) groups is 1. The monoisotopic (exact) mass is 353 g/mol. The van der Waals surface area contributed by atoms with Crippen LogP contribution in [0.25, 0.3) is 0 Å². The molecule has 0 aliphatic carbocycles. The summed E-state index contributed by atoms with van der Waals surface area (Å²) in [5, 5.41) is 2.30. The van der Waals surface area contributed by atoms with Crippen molar-refractivity contribution in [3.05, 3.63) is 58.8 Å². The van der Waals surface area contributed by atoms with Crippen LogP contribution in [0.4, 0.5) is 10.1 Å². The third-order valence-electron chi connectivity index (χ3n) is 2.61. The van der Waals surface area contributed by atoms with Gasteiger partial charge in [0.05, 0.1) is 10.9 Å². The van der Waals surface area contributed by atoms with Crippen molar-refractivity contribution in [3.63, 3.8) is 0 Å². The van der Waals surface area contributed by atoms with E-state index in [1.165, 1.54) is 23.9 Å². The molecule has 0 spiro atoms. The van der Waals surface area contributed by atoms with Crippen molar-refractivity contribution in [3.8, 4) is 0 Å². The van der Waals surface area contributed by atoms with Crippen molar-refractivity contribution in [2.45, 2.75) is 17.1 Å². The highest BCUT2D eigenvalue weighted by atomic mass is 79.9. The third-order valence-corrected chi connectivity index (χ3v) is 4.22. The van der Waals surface area contributed by atoms with Crippen LogP contribution in [0.5, 0.6) is 0 Å². The van der Waals surface area contributed by atoms with Gasteiger partial charge in [0.2, 0.25) is 5.91 Å². The van der Waals surface area contributed by atoms with Crippen molar-refractivity contribution in [1.82, 2.24) is 0 Å². The van der Waals surface area contributed by atoms with Gasteiger partial charge in [-0.3, -0.25) is 4.79 Å². The average molecular weight is 354 g/mol. The Morgan fingerprint density at radius 3 is 2.60 bits per heavy atom. The van der Waals surface area contributed by atoms with E-state index >= 15 is 0 Å². The summed E-state index contributed by atoms with van der Waals surface area (Å²) in [4.78, 5) is 13.0. The maximum Gasteiger partial charge on any atom is 0.237 e. The standard InChI is InChI=1S/C15H13BrFNOS/c1-10(20-12-5-3-2-4-6-12)15(19)18-14-8-7-11(16)9-13(14)17/h2-10H,1H3,(H,18,19). The Bertz CT molecular complexity index is 606. The number of rotatable bonds is 4. The molecule has 0 aromatic heterocycles. The molecular formula is C15H13BrFNOS. The van der Waals surface area contributed by atoms with Crippen LogP contribution in [0, 0.1) is 5.82 Å². The lowest BCUT2D eigenvalue weighted by Crippen LogP contribution is -2.22. The van der Waals surface area contributed by atoms with Gasteiger partial charge in [0, 0.05) is 9.37 Å². The first-order valence-corrected chi connectivity index (χ1v) is 7.71. The Kier molecular flexibility index (Phi) is 5.20. The highest BCUT2D eigenvalue weighted by Crippen LogP contribution is 2.25. The minimum absolute atomic E-state index is 0.193. The molecule has 0 radical (unpaired) electrons. The van der Waals surface area contributed by atoms with E-state index in [1.54, 1.807) is 13.0 Å². The Balaban J connectivity index is 2.01. The number of nitrogens with one attached hydrogen (secondary N) is 1. The van der Waals surface area contributed by atoms with E-state index < -0.39 is 5.82 Å². The van der Waals surface area contributed by atoms with Crippen LogP contribution >= 0.6 is 27.7 Å². The summed E-state index contributed by atoms with van der Waals surface area (Å²) in [5.41, 5.74) is 0.193. The molecule has 0 aliphatic rings. The van der Waals surface area contributed by atoms with Gasteiger partial charge in [0.15, 0.2) is 0 Å². The number of halogens is 2. The fourth-order valence-corrected chi connectivity index (χ4v) is 2.80. The van der Waals surface area contributed by atoms with E-state index in [0.29, 0.717) is 4.47 Å². The molecule has 0 saturated heterocycles. The summed E-state index contributed by atoms with van der Waals surface area (Å²) in [7, 11) is 0. The van der Waals surface area contributed by atoms with E-state index in [1.807, 2.05) is 30.3 Å². The zero-order valence-corrected chi connectivity index (χ0v) is 13.2. The Labute approximate surface area is 129 Å². The Morgan fingerprint density at radius 1 is 1.25 bits per heavy atom. The summed E-state index contributed by atoms with van der Waals surface area (Å²) in [6.45, 7) is 1.80. The fourth-order valence-electron chi connectivity index (χ4n) is 1.58. The maximum atomic E-state index is 13.6. The van der Waals surface area contributed by atoms with Crippen LogP contribution in [0.2, 0.25) is 0 Å². The van der Waals surface area contributed by atoms with Crippen LogP contribution < -0.4 is 5.32 Å². The van der Waals surface area contributed by atoms with Gasteiger partial charge in [-0.15, -0.1) is 11.8 Å². The molecule has 5 heteroatoms. The minimum Gasteiger partial charge on any atom is -0.323 e. The lowest BCUT2D eigenvalue weighted by Gasteiger charge is -2.12. The number of hydrogen-bond donors (Lipinski definition) is 1. The lowest BCUT2D eigenvalue weighted by atomic mass is 10.3. The summed E-state index contributed by atoms with van der Waals surface area (Å²) in [6, 6.07) is 14.2. The third kappa shape index (κ3) is 4.08. The van der Waals surface area contributed by atoms with Gasteiger partial charge in [-0.25, -0.2) is 4.39 Å². The van der Waals surface area contributed by atoms with Crippen LogP contribution in [-0.2, 0) is 4.79 Å². The Hall–Kier alpha value is -1.33. The van der Waals surface area contributed by atoms with Crippen molar-refractivity contribution in [2.24, 2.45) is 0 Å². The van der Waals surface area contributed by atoms with Gasteiger partial charge >= 0.3 is 0 Å². The molecule has 0 heterocycles. The summed E-state index contributed by atoms with van der Waals surface area (Å²) in [5.74, 6) is -0.676. The largest absolute Gasteiger partial charge is 0.323 e. The Morgan fingerprint density at radius 2 is 1.95 bits per heavy atom. The van der Waals surface area contributed by atoms with Crippen molar-refractivity contribution >= 4 is 39.3 Å². The SMILES string of the molecule is CC(Sc1ccccc1)C(=O)Nc1ccc(Br)cc1F. The lowest BCUT2D eigenvalue weighted by molar-refractivity contribution is -0.115. The molecule has 2 aromatic carbocycles. The van der Waals surface area contributed by atoms with Gasteiger partial charge in [-0.1, -0.05) is 34.1 Å². The number of thioether (sulfide) groups is 1. The summed E-state index contributed by atoms with van der Waals surface area (Å²) in [6.07, 6.45) is 0. The van der Waals surface area contributed by atoms with Gasteiger partial charge in [-0.2, -0.15) is 0 Å². The van der Waals surface area contributed by atoms with Gasteiger partial charge in [0.25, 0.3) is 0 Å². The minimum atomic E-state index is -0.454. The molecule has 2 rings (SSSR count). The number of benzene rings is 2. The molecule has 2 aromatic rings. The van der Waals surface area contributed by atoms with E-state index in [9.17, 15) is 9.18 Å². The van der Waals surface area contributed by atoms with E-state index in [-0.39, 0.29) is 16.8 Å². The van der Waals surface area contributed by atoms with Crippen LogP contribution in [0.15, 0.2) is 57.9 Å². The predicted octanol–water partition coefficient (Wildman–Crippen LogP) is 4.71. The molecule has 1 atom stereocenters. The van der Waals surface area contributed by atoms with Crippen molar-refractivity contribution < 1.29 is 9.18 Å². The molecule has 0 aliphatic heterocycles. The van der Waals surface area contributed by atoms with E-state index in [0.717, 1.165) is 4.90 Å². The second-order valence-electron chi connectivity index (χ2n) is 4.19. The molecule has 1 N–H and O–H groups in total. The number of hydrogen-bond acceptors (Lipinski definition) is 2. The molecule has 2 nitrogen and oxygen atoms in total. The first-order chi connectivity index (χ1) is 9.56. The zero-order chi connectivity index (χ0) is 14.5. The second-order valence-corrected chi connectivity index (χ2v) is 6.52. The van der Waals surface area contributed by atoms with Crippen LogP contribution in [0.1, 0.15) is 6.92 Å². The van der Waals surface area contributed by atoms with E-state index in [2.05, 4.69) is 21.2 Å². The highest BCUT2D eigenvalue weighted by Gasteiger charge is 2.16. The van der Waals surface area contributed by atoms with Gasteiger partial charge in [-0.05, 0) is 37.3 Å². The topological polar surface area (TPSA) is 29.1 Å². The first-order valence-electron chi connectivity index (χ1n) is 6.04. The summed E-state index contributed by atoms with van der Waals surface area (Å²) < 4.78 is 14.3. The molecular weight excluding hydrogens is 341 g/mol. The normalized spacial score (nSPS) is 11.9. The van der Waals surface area contributed by atoms with Crippen LogP contribution in [-0.4, -0.2) is 11.2 Å². The van der Waals surface area contributed by atoms with Crippen LogP contribution in [0.3, 0.4) is 0 Å². The molecule has 0 saturated carbocycles. The first kappa shape index (κ1) is 15.1. The molecule has 1 unspecified atom stereocenters.